The molecule has 0 aliphatic carbocycles. The first-order valence-electron chi connectivity index (χ1n) is 7.55. The van der Waals surface area contributed by atoms with Crippen LogP contribution in [0.3, 0.4) is 0 Å². The van der Waals surface area contributed by atoms with Crippen LogP contribution in [0.1, 0.15) is 31.9 Å². The van der Waals surface area contributed by atoms with E-state index in [1.54, 1.807) is 12.1 Å². The van der Waals surface area contributed by atoms with Crippen LogP contribution in [0.15, 0.2) is 42.5 Å². The van der Waals surface area contributed by atoms with Crippen LogP contribution in [0.4, 0.5) is 5.69 Å². The number of benzene rings is 2. The van der Waals surface area contributed by atoms with Crippen molar-refractivity contribution in [2.45, 2.75) is 33.1 Å². The van der Waals surface area contributed by atoms with E-state index >= 15 is 0 Å². The number of anilines is 1. The number of hydrogen-bond acceptors (Lipinski definition) is 2. The van der Waals surface area contributed by atoms with Gasteiger partial charge in [-0.05, 0) is 47.7 Å². The van der Waals surface area contributed by atoms with E-state index in [1.165, 1.54) is 0 Å². The highest BCUT2D eigenvalue weighted by Gasteiger charge is 2.18. The summed E-state index contributed by atoms with van der Waals surface area (Å²) >= 11 is 5.98. The van der Waals surface area contributed by atoms with Crippen molar-refractivity contribution in [2.75, 3.05) is 11.9 Å². The molecule has 0 atom stereocenters. The summed E-state index contributed by atoms with van der Waals surface area (Å²) in [6.07, 6.45) is 0. The Balaban J connectivity index is 2.02. The molecule has 23 heavy (non-hydrogen) atoms. The number of para-hydroxylation sites is 1. The van der Waals surface area contributed by atoms with E-state index in [0.29, 0.717) is 10.8 Å². The molecule has 3 nitrogen and oxygen atoms in total. The minimum absolute atomic E-state index is 0.0421. The molecule has 0 saturated heterocycles. The third-order valence-corrected chi connectivity index (χ3v) is 3.93. The lowest BCUT2D eigenvalue weighted by Crippen LogP contribution is -2.23. The van der Waals surface area contributed by atoms with Crippen LogP contribution in [-0.2, 0) is 10.2 Å². The quantitative estimate of drug-likeness (QED) is 0.859. The van der Waals surface area contributed by atoms with Gasteiger partial charge in [-0.2, -0.15) is 0 Å². The minimum Gasteiger partial charge on any atom is -0.484 e. The summed E-state index contributed by atoms with van der Waals surface area (Å²) in [4.78, 5) is 12.2. The Morgan fingerprint density at radius 3 is 2.52 bits per heavy atom. The van der Waals surface area contributed by atoms with Gasteiger partial charge in [0.1, 0.15) is 5.75 Å². The zero-order chi connectivity index (χ0) is 17.0. The van der Waals surface area contributed by atoms with Gasteiger partial charge in [0.15, 0.2) is 6.61 Å². The molecule has 2 aromatic rings. The highest BCUT2D eigenvalue weighted by molar-refractivity contribution is 6.31. The van der Waals surface area contributed by atoms with Crippen molar-refractivity contribution in [1.29, 1.82) is 0 Å². The number of hydrogen-bond donors (Lipinski definition) is 1. The highest BCUT2D eigenvalue weighted by atomic mass is 35.5. The standard InChI is InChI=1S/C19H22ClNO2/c1-13-11-14(9-10-16(13)20)23-12-18(22)21-17-8-6-5-7-15(17)19(2,3)4/h5-11H,12H2,1-4H3,(H,21,22). The molecule has 0 fully saturated rings. The Morgan fingerprint density at radius 2 is 1.87 bits per heavy atom. The fourth-order valence-electron chi connectivity index (χ4n) is 2.29. The van der Waals surface area contributed by atoms with E-state index in [-0.39, 0.29) is 17.9 Å². The molecule has 0 unspecified atom stereocenters. The number of carbonyl (C=O) groups excluding carboxylic acids is 1. The molecule has 0 aliphatic rings. The SMILES string of the molecule is Cc1cc(OCC(=O)Nc2ccccc2C(C)(C)C)ccc1Cl. The van der Waals surface area contributed by atoms with Crippen molar-refractivity contribution in [3.8, 4) is 5.75 Å². The van der Waals surface area contributed by atoms with Crippen LogP contribution in [0.25, 0.3) is 0 Å². The maximum Gasteiger partial charge on any atom is 0.262 e. The molecule has 0 saturated carbocycles. The molecular formula is C19H22ClNO2. The number of aryl methyl sites for hydroxylation is 1. The number of amides is 1. The maximum absolute atomic E-state index is 12.2. The second-order valence-corrected chi connectivity index (χ2v) is 6.95. The fraction of sp³-hybridized carbons (Fsp3) is 0.316. The van der Waals surface area contributed by atoms with Crippen LogP contribution in [0.5, 0.6) is 5.75 Å². The lowest BCUT2D eigenvalue weighted by Gasteiger charge is -2.23. The largest absolute Gasteiger partial charge is 0.484 e. The first kappa shape index (κ1) is 17.4. The van der Waals surface area contributed by atoms with E-state index in [2.05, 4.69) is 26.1 Å². The molecule has 2 rings (SSSR count). The summed E-state index contributed by atoms with van der Waals surface area (Å²) < 4.78 is 5.53. The number of halogens is 1. The van der Waals surface area contributed by atoms with E-state index in [0.717, 1.165) is 16.8 Å². The van der Waals surface area contributed by atoms with Crippen molar-refractivity contribution < 1.29 is 9.53 Å². The van der Waals surface area contributed by atoms with Gasteiger partial charge in [-0.25, -0.2) is 0 Å². The lowest BCUT2D eigenvalue weighted by molar-refractivity contribution is -0.118. The van der Waals surface area contributed by atoms with Crippen LogP contribution >= 0.6 is 11.6 Å². The maximum atomic E-state index is 12.2. The second kappa shape index (κ2) is 7.05. The van der Waals surface area contributed by atoms with E-state index < -0.39 is 0 Å². The van der Waals surface area contributed by atoms with Gasteiger partial charge >= 0.3 is 0 Å². The van der Waals surface area contributed by atoms with E-state index in [9.17, 15) is 4.79 Å². The molecule has 0 aliphatic heterocycles. The molecule has 0 radical (unpaired) electrons. The summed E-state index contributed by atoms with van der Waals surface area (Å²) in [6, 6.07) is 13.2. The molecule has 0 spiro atoms. The van der Waals surface area contributed by atoms with Crippen molar-refractivity contribution in [2.24, 2.45) is 0 Å². The Bertz CT molecular complexity index is 705. The van der Waals surface area contributed by atoms with Crippen LogP contribution in [0, 0.1) is 6.92 Å². The average Bonchev–Trinajstić information content (AvgIpc) is 2.48. The van der Waals surface area contributed by atoms with Crippen molar-refractivity contribution in [3.63, 3.8) is 0 Å². The molecule has 2 aromatic carbocycles. The van der Waals surface area contributed by atoms with Gasteiger partial charge in [0.05, 0.1) is 0 Å². The summed E-state index contributed by atoms with van der Waals surface area (Å²) in [5, 5.41) is 3.60. The van der Waals surface area contributed by atoms with Crippen LogP contribution in [0.2, 0.25) is 5.02 Å². The normalized spacial score (nSPS) is 11.2. The topological polar surface area (TPSA) is 38.3 Å². The predicted octanol–water partition coefficient (Wildman–Crippen LogP) is 4.96. The summed E-state index contributed by atoms with van der Waals surface area (Å²) in [6.45, 7) is 8.20. The van der Waals surface area contributed by atoms with Gasteiger partial charge in [-0.3, -0.25) is 4.79 Å². The third-order valence-electron chi connectivity index (χ3n) is 3.51. The zero-order valence-corrected chi connectivity index (χ0v) is 14.7. The Labute approximate surface area is 142 Å². The molecule has 1 N–H and O–H groups in total. The van der Waals surface area contributed by atoms with Gasteiger partial charge in [0.25, 0.3) is 5.91 Å². The molecule has 1 amide bonds. The predicted molar refractivity (Wildman–Crippen MR) is 95.5 cm³/mol. The van der Waals surface area contributed by atoms with E-state index in [1.807, 2.05) is 37.3 Å². The van der Waals surface area contributed by atoms with Gasteiger partial charge in [-0.15, -0.1) is 0 Å². The van der Waals surface area contributed by atoms with Crippen molar-refractivity contribution in [3.05, 3.63) is 58.6 Å². The molecule has 4 heteroatoms. The Hall–Kier alpha value is -2.00. The second-order valence-electron chi connectivity index (χ2n) is 6.54. The summed E-state index contributed by atoms with van der Waals surface area (Å²) in [5.41, 5.74) is 2.79. The number of rotatable bonds is 4. The Kier molecular flexibility index (Phi) is 5.32. The van der Waals surface area contributed by atoms with Crippen molar-refractivity contribution in [1.82, 2.24) is 0 Å². The fourth-order valence-corrected chi connectivity index (χ4v) is 2.41. The first-order valence-corrected chi connectivity index (χ1v) is 7.93. The van der Waals surface area contributed by atoms with Gasteiger partial charge < -0.3 is 10.1 Å². The summed E-state index contributed by atoms with van der Waals surface area (Å²) in [5.74, 6) is 0.445. The first-order chi connectivity index (χ1) is 10.8. The molecule has 0 heterocycles. The number of nitrogens with one attached hydrogen (secondary N) is 1. The molecule has 0 bridgehead atoms. The van der Waals surface area contributed by atoms with E-state index in [4.69, 9.17) is 16.3 Å². The molecule has 0 aromatic heterocycles. The summed E-state index contributed by atoms with van der Waals surface area (Å²) in [7, 11) is 0. The molecular weight excluding hydrogens is 310 g/mol. The average molecular weight is 332 g/mol. The third kappa shape index (κ3) is 4.73. The van der Waals surface area contributed by atoms with Crippen molar-refractivity contribution >= 4 is 23.2 Å². The highest BCUT2D eigenvalue weighted by Crippen LogP contribution is 2.29. The smallest absolute Gasteiger partial charge is 0.262 e. The van der Waals surface area contributed by atoms with Gasteiger partial charge in [0, 0.05) is 10.7 Å². The van der Waals surface area contributed by atoms with Gasteiger partial charge in [0.2, 0.25) is 0 Å². The van der Waals surface area contributed by atoms with Crippen LogP contribution in [-0.4, -0.2) is 12.5 Å². The zero-order valence-electron chi connectivity index (χ0n) is 13.9. The monoisotopic (exact) mass is 331 g/mol. The van der Waals surface area contributed by atoms with Gasteiger partial charge in [-0.1, -0.05) is 50.6 Å². The lowest BCUT2D eigenvalue weighted by atomic mass is 9.86. The number of ether oxygens (including phenoxy) is 1. The Morgan fingerprint density at radius 1 is 1.17 bits per heavy atom. The number of carbonyl (C=O) groups is 1. The minimum atomic E-state index is -0.186. The van der Waals surface area contributed by atoms with Crippen LogP contribution < -0.4 is 10.1 Å². The molecule has 122 valence electrons.